The highest BCUT2D eigenvalue weighted by molar-refractivity contribution is 5.28. The Balaban J connectivity index is 2.10. The Hall–Kier alpha value is -1.10. The number of nitrogens with two attached hydrogens (primary N) is 1. The van der Waals surface area contributed by atoms with Crippen molar-refractivity contribution in [3.05, 3.63) is 5.89 Å². The first-order chi connectivity index (χ1) is 7.98. The largest absolute Gasteiger partial charge is 0.338 e. The Morgan fingerprint density at radius 3 is 2.47 bits per heavy atom. The second-order valence-electron chi connectivity index (χ2n) is 5.82. The number of aromatic nitrogens is 2. The molecule has 5 heteroatoms. The van der Waals surface area contributed by atoms with Crippen LogP contribution in [0.25, 0.3) is 0 Å². The average molecular weight is 238 g/mol. The van der Waals surface area contributed by atoms with Crippen LogP contribution in [0.1, 0.15) is 52.0 Å². The lowest BCUT2D eigenvalue weighted by Crippen LogP contribution is -2.30. The molecule has 2 heterocycles. The zero-order valence-electron chi connectivity index (χ0n) is 10.9. The van der Waals surface area contributed by atoms with Gasteiger partial charge in [0.05, 0.1) is 6.04 Å². The second kappa shape index (κ2) is 4.64. The van der Waals surface area contributed by atoms with Crippen LogP contribution in [0, 0.1) is 5.41 Å². The topological polar surface area (TPSA) is 68.2 Å². The molecule has 0 bridgehead atoms. The first kappa shape index (κ1) is 12.4. The minimum Gasteiger partial charge on any atom is -0.338 e. The molecule has 1 atom stereocenters. The molecule has 2 rings (SSSR count). The fourth-order valence-electron chi connectivity index (χ4n) is 1.95. The monoisotopic (exact) mass is 238 g/mol. The van der Waals surface area contributed by atoms with Gasteiger partial charge in [-0.25, -0.2) is 0 Å². The predicted molar refractivity (Wildman–Crippen MR) is 66.7 cm³/mol. The Morgan fingerprint density at radius 2 is 1.88 bits per heavy atom. The van der Waals surface area contributed by atoms with Gasteiger partial charge >= 0.3 is 0 Å². The third-order valence-electron chi connectivity index (χ3n) is 3.27. The maximum Gasteiger partial charge on any atom is 0.266 e. The quantitative estimate of drug-likeness (QED) is 0.854. The molecule has 17 heavy (non-hydrogen) atoms. The summed E-state index contributed by atoms with van der Waals surface area (Å²) in [6.45, 7) is 8.25. The molecule has 1 saturated heterocycles. The van der Waals surface area contributed by atoms with Crippen molar-refractivity contribution in [1.29, 1.82) is 0 Å². The molecule has 5 nitrogen and oxygen atoms in total. The van der Waals surface area contributed by atoms with Crippen molar-refractivity contribution in [1.82, 2.24) is 10.1 Å². The number of piperidine rings is 1. The molecular weight excluding hydrogens is 216 g/mol. The summed E-state index contributed by atoms with van der Waals surface area (Å²) in [6, 6.07) is -0.214. The minimum absolute atomic E-state index is 0.0638. The van der Waals surface area contributed by atoms with Crippen LogP contribution in [0.3, 0.4) is 0 Å². The highest BCUT2D eigenvalue weighted by atomic mass is 16.5. The zero-order chi connectivity index (χ0) is 12.5. The van der Waals surface area contributed by atoms with E-state index in [0.29, 0.717) is 11.8 Å². The van der Waals surface area contributed by atoms with E-state index in [1.54, 1.807) is 0 Å². The number of hydrogen-bond acceptors (Lipinski definition) is 5. The summed E-state index contributed by atoms with van der Waals surface area (Å²) in [5.41, 5.74) is 6.04. The van der Waals surface area contributed by atoms with E-state index < -0.39 is 0 Å². The van der Waals surface area contributed by atoms with Crippen molar-refractivity contribution in [2.45, 2.75) is 46.1 Å². The Morgan fingerprint density at radius 1 is 1.24 bits per heavy atom. The van der Waals surface area contributed by atoms with E-state index in [-0.39, 0.29) is 11.5 Å². The van der Waals surface area contributed by atoms with Crippen LogP contribution >= 0.6 is 0 Å². The van der Waals surface area contributed by atoms with Crippen LogP contribution in [0.5, 0.6) is 0 Å². The molecule has 0 unspecified atom stereocenters. The molecule has 0 radical (unpaired) electrons. The SMILES string of the molecule is CC(C)(C)[C@H](N)c1nc(N2CCCCC2)no1. The van der Waals surface area contributed by atoms with Gasteiger partial charge in [0.1, 0.15) is 0 Å². The van der Waals surface area contributed by atoms with Gasteiger partial charge in [-0.2, -0.15) is 4.98 Å². The highest BCUT2D eigenvalue weighted by Crippen LogP contribution is 2.30. The minimum atomic E-state index is -0.214. The highest BCUT2D eigenvalue weighted by Gasteiger charge is 2.28. The maximum absolute atomic E-state index is 6.10. The van der Waals surface area contributed by atoms with Gasteiger partial charge in [0, 0.05) is 13.1 Å². The van der Waals surface area contributed by atoms with E-state index >= 15 is 0 Å². The van der Waals surface area contributed by atoms with Crippen LogP contribution in [-0.4, -0.2) is 23.2 Å². The summed E-state index contributed by atoms with van der Waals surface area (Å²) < 4.78 is 5.28. The van der Waals surface area contributed by atoms with E-state index in [0.717, 1.165) is 13.1 Å². The van der Waals surface area contributed by atoms with Gasteiger partial charge in [-0.3, -0.25) is 0 Å². The summed E-state index contributed by atoms with van der Waals surface area (Å²) in [5, 5.41) is 4.03. The molecular formula is C12H22N4O. The van der Waals surface area contributed by atoms with Gasteiger partial charge in [-0.1, -0.05) is 20.8 Å². The first-order valence-corrected chi connectivity index (χ1v) is 6.32. The van der Waals surface area contributed by atoms with Gasteiger partial charge in [0.15, 0.2) is 0 Å². The Bertz CT molecular complexity index is 363. The lowest BCUT2D eigenvalue weighted by molar-refractivity contribution is 0.252. The summed E-state index contributed by atoms with van der Waals surface area (Å²) in [5.74, 6) is 1.23. The summed E-state index contributed by atoms with van der Waals surface area (Å²) >= 11 is 0. The molecule has 1 aromatic rings. The molecule has 0 saturated carbocycles. The van der Waals surface area contributed by atoms with E-state index in [9.17, 15) is 0 Å². The summed E-state index contributed by atoms with van der Waals surface area (Å²) in [6.07, 6.45) is 3.70. The van der Waals surface area contributed by atoms with Crippen molar-refractivity contribution in [2.75, 3.05) is 18.0 Å². The number of anilines is 1. The van der Waals surface area contributed by atoms with Crippen molar-refractivity contribution in [3.63, 3.8) is 0 Å². The molecule has 0 amide bonds. The third-order valence-corrected chi connectivity index (χ3v) is 3.27. The Kier molecular flexibility index (Phi) is 3.38. The molecule has 1 aromatic heterocycles. The smallest absolute Gasteiger partial charge is 0.266 e. The first-order valence-electron chi connectivity index (χ1n) is 6.32. The van der Waals surface area contributed by atoms with Crippen LogP contribution in [0.15, 0.2) is 4.52 Å². The summed E-state index contributed by atoms with van der Waals surface area (Å²) in [4.78, 5) is 6.60. The molecule has 1 aliphatic rings. The van der Waals surface area contributed by atoms with E-state index in [1.165, 1.54) is 19.3 Å². The normalized spacial score (nSPS) is 19.4. The van der Waals surface area contributed by atoms with Crippen molar-refractivity contribution in [2.24, 2.45) is 11.1 Å². The summed E-state index contributed by atoms with van der Waals surface area (Å²) in [7, 11) is 0. The van der Waals surface area contributed by atoms with Gasteiger partial charge in [-0.15, -0.1) is 0 Å². The van der Waals surface area contributed by atoms with E-state index in [4.69, 9.17) is 10.3 Å². The van der Waals surface area contributed by atoms with Gasteiger partial charge in [0.25, 0.3) is 5.95 Å². The zero-order valence-corrected chi connectivity index (χ0v) is 10.9. The van der Waals surface area contributed by atoms with Crippen LogP contribution in [0.4, 0.5) is 5.95 Å². The van der Waals surface area contributed by atoms with Gasteiger partial charge < -0.3 is 15.2 Å². The number of rotatable bonds is 2. The molecule has 0 spiro atoms. The van der Waals surface area contributed by atoms with E-state index in [1.807, 2.05) is 0 Å². The number of nitrogens with zero attached hydrogens (tertiary/aromatic N) is 3. The fraction of sp³-hybridized carbons (Fsp3) is 0.833. The van der Waals surface area contributed by atoms with Crippen LogP contribution in [0.2, 0.25) is 0 Å². The van der Waals surface area contributed by atoms with Gasteiger partial charge in [-0.05, 0) is 29.8 Å². The molecule has 1 fully saturated rings. The fourth-order valence-corrected chi connectivity index (χ4v) is 1.95. The third kappa shape index (κ3) is 2.77. The maximum atomic E-state index is 6.10. The molecule has 96 valence electrons. The van der Waals surface area contributed by atoms with Crippen molar-refractivity contribution >= 4 is 5.95 Å². The molecule has 2 N–H and O–H groups in total. The molecule has 0 aromatic carbocycles. The lowest BCUT2D eigenvalue weighted by atomic mass is 9.87. The lowest BCUT2D eigenvalue weighted by Gasteiger charge is -2.25. The average Bonchev–Trinajstić information content (AvgIpc) is 2.77. The standard InChI is InChI=1S/C12H22N4O/c1-12(2,3)9(13)10-14-11(15-17-10)16-7-5-4-6-8-16/h9H,4-8,13H2,1-3H3/t9-/m1/s1. The number of hydrogen-bond donors (Lipinski definition) is 1. The van der Waals surface area contributed by atoms with Crippen LogP contribution in [-0.2, 0) is 0 Å². The second-order valence-corrected chi connectivity index (χ2v) is 5.82. The van der Waals surface area contributed by atoms with Crippen LogP contribution < -0.4 is 10.6 Å². The van der Waals surface area contributed by atoms with Crippen molar-refractivity contribution < 1.29 is 4.52 Å². The Labute approximate surface area is 102 Å². The molecule has 0 aliphatic carbocycles. The predicted octanol–water partition coefficient (Wildman–Crippen LogP) is 2.11. The van der Waals surface area contributed by atoms with Crippen molar-refractivity contribution in [3.8, 4) is 0 Å². The molecule has 1 aliphatic heterocycles. The van der Waals surface area contributed by atoms with E-state index in [2.05, 4.69) is 35.8 Å². The van der Waals surface area contributed by atoms with Gasteiger partial charge in [0.2, 0.25) is 5.89 Å².